The van der Waals surface area contributed by atoms with E-state index in [2.05, 4.69) is 10.3 Å². The molecule has 0 aliphatic carbocycles. The molecule has 3 rings (SSSR count). The normalized spacial score (nSPS) is 14.2. The molecule has 2 heterocycles. The highest BCUT2D eigenvalue weighted by Crippen LogP contribution is 2.12. The number of nitrogens with zero attached hydrogens (tertiary/aromatic N) is 2. The predicted molar refractivity (Wildman–Crippen MR) is 89.7 cm³/mol. The standard InChI is InChI=1S/C18H19N3O3/c22-17(21-9-11-24-12-10-21)13-14-4-6-15(7-5-14)20-18(23)16-3-1-2-8-19-16/h1-8H,9-13H2,(H,20,23). The number of hydrogen-bond donors (Lipinski definition) is 1. The van der Waals surface area contributed by atoms with Gasteiger partial charge in [0.15, 0.2) is 0 Å². The van der Waals surface area contributed by atoms with Crippen LogP contribution in [0.5, 0.6) is 0 Å². The second-order valence-electron chi connectivity index (χ2n) is 5.54. The van der Waals surface area contributed by atoms with Gasteiger partial charge in [-0.25, -0.2) is 0 Å². The van der Waals surface area contributed by atoms with Crippen molar-refractivity contribution in [1.29, 1.82) is 0 Å². The number of amides is 2. The van der Waals surface area contributed by atoms with E-state index < -0.39 is 0 Å². The van der Waals surface area contributed by atoms with E-state index in [1.807, 2.05) is 17.0 Å². The molecule has 0 unspecified atom stereocenters. The van der Waals surface area contributed by atoms with E-state index in [1.165, 1.54) is 0 Å². The fourth-order valence-corrected chi connectivity index (χ4v) is 2.50. The van der Waals surface area contributed by atoms with Crippen LogP contribution in [0, 0.1) is 0 Å². The Bertz CT molecular complexity index is 695. The molecule has 1 aromatic carbocycles. The summed E-state index contributed by atoms with van der Waals surface area (Å²) in [6, 6.07) is 12.5. The third-order valence-corrected chi connectivity index (χ3v) is 3.83. The highest BCUT2D eigenvalue weighted by molar-refractivity contribution is 6.02. The molecule has 2 amide bonds. The topological polar surface area (TPSA) is 71.5 Å². The average Bonchev–Trinajstić information content (AvgIpc) is 2.65. The maximum absolute atomic E-state index is 12.2. The van der Waals surface area contributed by atoms with Crippen LogP contribution >= 0.6 is 0 Å². The van der Waals surface area contributed by atoms with Crippen LogP contribution in [0.3, 0.4) is 0 Å². The zero-order valence-corrected chi connectivity index (χ0v) is 13.3. The van der Waals surface area contributed by atoms with Gasteiger partial charge in [0.1, 0.15) is 5.69 Å². The first kappa shape index (κ1) is 16.1. The molecule has 1 saturated heterocycles. The number of carbonyl (C=O) groups is 2. The van der Waals surface area contributed by atoms with Gasteiger partial charge in [0, 0.05) is 25.0 Å². The zero-order chi connectivity index (χ0) is 16.8. The molecule has 0 saturated carbocycles. The smallest absolute Gasteiger partial charge is 0.274 e. The summed E-state index contributed by atoms with van der Waals surface area (Å²) in [6.45, 7) is 2.50. The summed E-state index contributed by atoms with van der Waals surface area (Å²) in [5.41, 5.74) is 1.96. The van der Waals surface area contributed by atoms with Crippen LogP contribution in [0.15, 0.2) is 48.7 Å². The van der Waals surface area contributed by atoms with E-state index in [-0.39, 0.29) is 11.8 Å². The minimum atomic E-state index is -0.257. The fourth-order valence-electron chi connectivity index (χ4n) is 2.50. The molecule has 2 aromatic rings. The molecule has 1 aliphatic rings. The third kappa shape index (κ3) is 4.17. The number of morpholine rings is 1. The second kappa shape index (κ2) is 7.70. The first-order valence-corrected chi connectivity index (χ1v) is 7.89. The second-order valence-corrected chi connectivity index (χ2v) is 5.54. The Morgan fingerprint density at radius 1 is 1.08 bits per heavy atom. The summed E-state index contributed by atoms with van der Waals surface area (Å²) in [7, 11) is 0. The van der Waals surface area contributed by atoms with Crippen molar-refractivity contribution in [1.82, 2.24) is 9.88 Å². The maximum Gasteiger partial charge on any atom is 0.274 e. The Kier molecular flexibility index (Phi) is 5.18. The van der Waals surface area contributed by atoms with Gasteiger partial charge in [-0.1, -0.05) is 18.2 Å². The summed E-state index contributed by atoms with van der Waals surface area (Å²) in [6.07, 6.45) is 1.93. The molecule has 6 heteroatoms. The van der Waals surface area contributed by atoms with E-state index in [0.29, 0.717) is 44.1 Å². The van der Waals surface area contributed by atoms with Crippen LogP contribution in [0.2, 0.25) is 0 Å². The van der Waals surface area contributed by atoms with E-state index >= 15 is 0 Å². The van der Waals surface area contributed by atoms with Crippen LogP contribution in [0.1, 0.15) is 16.1 Å². The Morgan fingerprint density at radius 3 is 2.50 bits per heavy atom. The van der Waals surface area contributed by atoms with Gasteiger partial charge in [-0.3, -0.25) is 14.6 Å². The molecule has 24 heavy (non-hydrogen) atoms. The van der Waals surface area contributed by atoms with Crippen molar-refractivity contribution in [2.24, 2.45) is 0 Å². The number of rotatable bonds is 4. The number of pyridine rings is 1. The number of carbonyl (C=O) groups excluding carboxylic acids is 2. The summed E-state index contributed by atoms with van der Waals surface area (Å²) >= 11 is 0. The first-order chi connectivity index (χ1) is 11.7. The molecule has 0 radical (unpaired) electrons. The highest BCUT2D eigenvalue weighted by Gasteiger charge is 2.17. The molecule has 1 aromatic heterocycles. The SMILES string of the molecule is O=C(Nc1ccc(CC(=O)N2CCOCC2)cc1)c1ccccn1. The number of aromatic nitrogens is 1. The lowest BCUT2D eigenvalue weighted by atomic mass is 10.1. The van der Waals surface area contributed by atoms with Crippen LogP contribution in [0.25, 0.3) is 0 Å². The molecule has 1 aliphatic heterocycles. The lowest BCUT2D eigenvalue weighted by Gasteiger charge is -2.26. The van der Waals surface area contributed by atoms with Crippen molar-refractivity contribution in [3.63, 3.8) is 0 Å². The molecule has 6 nitrogen and oxygen atoms in total. The average molecular weight is 325 g/mol. The predicted octanol–water partition coefficient (Wildman–Crippen LogP) is 1.74. The summed E-state index contributed by atoms with van der Waals surface area (Å²) in [4.78, 5) is 30.1. The van der Waals surface area contributed by atoms with Gasteiger partial charge < -0.3 is 15.0 Å². The molecule has 1 fully saturated rings. The van der Waals surface area contributed by atoms with E-state index in [1.54, 1.807) is 36.5 Å². The molecule has 0 bridgehead atoms. The van der Waals surface area contributed by atoms with Crippen molar-refractivity contribution >= 4 is 17.5 Å². The number of ether oxygens (including phenoxy) is 1. The molecule has 124 valence electrons. The largest absolute Gasteiger partial charge is 0.378 e. The molecule has 0 spiro atoms. The van der Waals surface area contributed by atoms with Gasteiger partial charge in [-0.2, -0.15) is 0 Å². The number of benzene rings is 1. The number of nitrogens with one attached hydrogen (secondary N) is 1. The van der Waals surface area contributed by atoms with Gasteiger partial charge in [0.25, 0.3) is 5.91 Å². The van der Waals surface area contributed by atoms with E-state index in [0.717, 1.165) is 5.56 Å². The maximum atomic E-state index is 12.2. The van der Waals surface area contributed by atoms with Gasteiger partial charge in [-0.05, 0) is 29.8 Å². The van der Waals surface area contributed by atoms with Crippen LogP contribution in [-0.2, 0) is 16.0 Å². The van der Waals surface area contributed by atoms with Crippen molar-refractivity contribution < 1.29 is 14.3 Å². The quantitative estimate of drug-likeness (QED) is 0.929. The summed E-state index contributed by atoms with van der Waals surface area (Å²) in [5, 5.41) is 2.79. The van der Waals surface area contributed by atoms with E-state index in [9.17, 15) is 9.59 Å². The molecule has 0 atom stereocenters. The summed E-state index contributed by atoms with van der Waals surface area (Å²) < 4.78 is 5.25. The van der Waals surface area contributed by atoms with Crippen LogP contribution < -0.4 is 5.32 Å². The monoisotopic (exact) mass is 325 g/mol. The highest BCUT2D eigenvalue weighted by atomic mass is 16.5. The lowest BCUT2D eigenvalue weighted by Crippen LogP contribution is -2.41. The fraction of sp³-hybridized carbons (Fsp3) is 0.278. The van der Waals surface area contributed by atoms with E-state index in [4.69, 9.17) is 4.74 Å². The zero-order valence-electron chi connectivity index (χ0n) is 13.3. The van der Waals surface area contributed by atoms with Crippen molar-refractivity contribution in [3.05, 3.63) is 59.9 Å². The van der Waals surface area contributed by atoms with Crippen molar-refractivity contribution in [2.45, 2.75) is 6.42 Å². The Balaban J connectivity index is 1.57. The number of anilines is 1. The minimum Gasteiger partial charge on any atom is -0.378 e. The molecule has 1 N–H and O–H groups in total. The molecular weight excluding hydrogens is 306 g/mol. The molecular formula is C18H19N3O3. The minimum absolute atomic E-state index is 0.101. The van der Waals surface area contributed by atoms with Crippen molar-refractivity contribution in [3.8, 4) is 0 Å². The third-order valence-electron chi connectivity index (χ3n) is 3.83. The van der Waals surface area contributed by atoms with Gasteiger partial charge >= 0.3 is 0 Å². The first-order valence-electron chi connectivity index (χ1n) is 7.89. The van der Waals surface area contributed by atoms with Gasteiger partial charge in [0.2, 0.25) is 5.91 Å². The number of hydrogen-bond acceptors (Lipinski definition) is 4. The van der Waals surface area contributed by atoms with Crippen molar-refractivity contribution in [2.75, 3.05) is 31.6 Å². The Morgan fingerprint density at radius 2 is 1.83 bits per heavy atom. The van der Waals surface area contributed by atoms with Crippen LogP contribution in [0.4, 0.5) is 5.69 Å². The van der Waals surface area contributed by atoms with Crippen LogP contribution in [-0.4, -0.2) is 48.0 Å². The van der Waals surface area contributed by atoms with Gasteiger partial charge in [-0.15, -0.1) is 0 Å². The lowest BCUT2D eigenvalue weighted by molar-refractivity contribution is -0.134. The Hall–Kier alpha value is -2.73. The summed E-state index contributed by atoms with van der Waals surface area (Å²) in [5.74, 6) is -0.156. The van der Waals surface area contributed by atoms with Gasteiger partial charge in [0.05, 0.1) is 19.6 Å². The Labute approximate surface area is 140 Å².